The van der Waals surface area contributed by atoms with Crippen LogP contribution in [0.25, 0.3) is 0 Å². The molecule has 0 spiro atoms. The van der Waals surface area contributed by atoms with E-state index >= 15 is 0 Å². The summed E-state index contributed by atoms with van der Waals surface area (Å²) in [6.45, 7) is 1.34. The second kappa shape index (κ2) is 5.22. The number of rotatable bonds is 2. The Morgan fingerprint density at radius 3 is 2.94 bits per heavy atom. The normalized spacial score (nSPS) is 19.6. The SMILES string of the molecule is COC1CCN(C(=O)c2ccc(I)c(O)c2)C1. The molecule has 0 saturated carbocycles. The summed E-state index contributed by atoms with van der Waals surface area (Å²) >= 11 is 2.03. The molecule has 1 aromatic rings. The predicted octanol–water partition coefficient (Wildman–Crippen LogP) is 1.86. The Hall–Kier alpha value is -0.820. The van der Waals surface area contributed by atoms with Gasteiger partial charge in [0, 0.05) is 25.8 Å². The van der Waals surface area contributed by atoms with Gasteiger partial charge in [-0.3, -0.25) is 4.79 Å². The molecule has 5 heteroatoms. The summed E-state index contributed by atoms with van der Waals surface area (Å²) in [5.41, 5.74) is 0.527. The number of ether oxygens (including phenoxy) is 1. The molecule has 1 aliphatic rings. The largest absolute Gasteiger partial charge is 0.507 e. The molecule has 1 aliphatic heterocycles. The lowest BCUT2D eigenvalue weighted by atomic mass is 10.2. The van der Waals surface area contributed by atoms with Crippen LogP contribution < -0.4 is 0 Å². The van der Waals surface area contributed by atoms with Crippen LogP contribution in [0.4, 0.5) is 0 Å². The summed E-state index contributed by atoms with van der Waals surface area (Å²) in [6.07, 6.45) is 1.01. The van der Waals surface area contributed by atoms with Crippen molar-refractivity contribution < 1.29 is 14.6 Å². The van der Waals surface area contributed by atoms with Crippen molar-refractivity contribution >= 4 is 28.5 Å². The lowest BCUT2D eigenvalue weighted by molar-refractivity contribution is 0.0724. The molecule has 17 heavy (non-hydrogen) atoms. The van der Waals surface area contributed by atoms with Crippen LogP contribution in [0.1, 0.15) is 16.8 Å². The summed E-state index contributed by atoms with van der Waals surface area (Å²) in [5.74, 6) is 0.107. The first-order valence-electron chi connectivity index (χ1n) is 5.42. The average Bonchev–Trinajstić information content (AvgIpc) is 2.80. The first kappa shape index (κ1) is 12.6. The van der Waals surface area contributed by atoms with E-state index in [0.717, 1.165) is 9.99 Å². The van der Waals surface area contributed by atoms with E-state index in [2.05, 4.69) is 0 Å². The second-order valence-corrected chi connectivity index (χ2v) is 5.23. The lowest BCUT2D eigenvalue weighted by Gasteiger charge is -2.16. The number of likely N-dealkylation sites (tertiary alicyclic amines) is 1. The van der Waals surface area contributed by atoms with Gasteiger partial charge in [-0.25, -0.2) is 0 Å². The molecule has 0 bridgehead atoms. The van der Waals surface area contributed by atoms with Gasteiger partial charge in [0.25, 0.3) is 5.91 Å². The molecule has 1 amide bonds. The molecule has 0 radical (unpaired) electrons. The van der Waals surface area contributed by atoms with Gasteiger partial charge in [-0.15, -0.1) is 0 Å². The van der Waals surface area contributed by atoms with Gasteiger partial charge in [0.15, 0.2) is 0 Å². The van der Waals surface area contributed by atoms with Crippen LogP contribution in [0.3, 0.4) is 0 Å². The van der Waals surface area contributed by atoms with Crippen LogP contribution in [0, 0.1) is 3.57 Å². The molecule has 1 heterocycles. The fourth-order valence-corrected chi connectivity index (χ4v) is 2.27. The van der Waals surface area contributed by atoms with Gasteiger partial charge < -0.3 is 14.7 Å². The van der Waals surface area contributed by atoms with Gasteiger partial charge in [-0.2, -0.15) is 0 Å². The quantitative estimate of drug-likeness (QED) is 0.831. The number of halogens is 1. The third-order valence-electron chi connectivity index (χ3n) is 2.96. The zero-order chi connectivity index (χ0) is 12.4. The van der Waals surface area contributed by atoms with Crippen LogP contribution in [-0.2, 0) is 4.74 Å². The molecule has 4 nitrogen and oxygen atoms in total. The maximum atomic E-state index is 12.1. The Kier molecular flexibility index (Phi) is 3.88. The first-order valence-corrected chi connectivity index (χ1v) is 6.50. The maximum Gasteiger partial charge on any atom is 0.254 e. The highest BCUT2D eigenvalue weighted by Gasteiger charge is 2.26. The van der Waals surface area contributed by atoms with Crippen LogP contribution in [0.5, 0.6) is 5.75 Å². The van der Waals surface area contributed by atoms with Crippen molar-refractivity contribution in [2.24, 2.45) is 0 Å². The molecular formula is C12H14INO3. The molecule has 0 aliphatic carbocycles. The van der Waals surface area contributed by atoms with E-state index in [1.165, 1.54) is 6.07 Å². The highest BCUT2D eigenvalue weighted by atomic mass is 127. The summed E-state index contributed by atoms with van der Waals surface area (Å²) in [4.78, 5) is 13.9. The smallest absolute Gasteiger partial charge is 0.254 e. The zero-order valence-corrected chi connectivity index (χ0v) is 11.7. The molecule has 1 fully saturated rings. The second-order valence-electron chi connectivity index (χ2n) is 4.06. The van der Waals surface area contributed by atoms with Crippen LogP contribution in [-0.4, -0.2) is 42.2 Å². The zero-order valence-electron chi connectivity index (χ0n) is 9.52. The van der Waals surface area contributed by atoms with E-state index in [9.17, 15) is 9.90 Å². The minimum Gasteiger partial charge on any atom is -0.507 e. The number of nitrogens with zero attached hydrogens (tertiary/aromatic N) is 1. The predicted molar refractivity (Wildman–Crippen MR) is 72.1 cm³/mol. The number of carbonyl (C=O) groups excluding carboxylic acids is 1. The topological polar surface area (TPSA) is 49.8 Å². The van der Waals surface area contributed by atoms with E-state index in [1.807, 2.05) is 22.6 Å². The molecular weight excluding hydrogens is 333 g/mol. The summed E-state index contributed by atoms with van der Waals surface area (Å²) in [7, 11) is 1.66. The minimum atomic E-state index is -0.0451. The van der Waals surface area contributed by atoms with Crippen molar-refractivity contribution in [3.05, 3.63) is 27.3 Å². The minimum absolute atomic E-state index is 0.0451. The Balaban J connectivity index is 2.12. The lowest BCUT2D eigenvalue weighted by Crippen LogP contribution is -2.29. The number of amides is 1. The summed E-state index contributed by atoms with van der Waals surface area (Å²) < 4.78 is 5.97. The van der Waals surface area contributed by atoms with Crippen molar-refractivity contribution in [2.75, 3.05) is 20.2 Å². The van der Waals surface area contributed by atoms with Gasteiger partial charge in [0.1, 0.15) is 5.75 Å². The van der Waals surface area contributed by atoms with Crippen molar-refractivity contribution in [1.29, 1.82) is 0 Å². The van der Waals surface area contributed by atoms with Crippen molar-refractivity contribution in [3.63, 3.8) is 0 Å². The van der Waals surface area contributed by atoms with Gasteiger partial charge >= 0.3 is 0 Å². The van der Waals surface area contributed by atoms with E-state index in [1.54, 1.807) is 24.1 Å². The maximum absolute atomic E-state index is 12.1. The number of carbonyl (C=O) groups is 1. The van der Waals surface area contributed by atoms with Crippen molar-refractivity contribution in [2.45, 2.75) is 12.5 Å². The number of hydrogen-bond acceptors (Lipinski definition) is 3. The standard InChI is InChI=1S/C12H14INO3/c1-17-9-4-5-14(7-9)12(16)8-2-3-10(13)11(15)6-8/h2-3,6,9,15H,4-5,7H2,1H3. The number of phenolic OH excluding ortho intramolecular Hbond substituents is 1. The molecule has 1 N–H and O–H groups in total. The third-order valence-corrected chi connectivity index (χ3v) is 3.87. The highest BCUT2D eigenvalue weighted by molar-refractivity contribution is 14.1. The first-order chi connectivity index (χ1) is 8.11. The monoisotopic (exact) mass is 347 g/mol. The van der Waals surface area contributed by atoms with E-state index in [0.29, 0.717) is 18.7 Å². The Morgan fingerprint density at radius 1 is 1.59 bits per heavy atom. The van der Waals surface area contributed by atoms with Gasteiger partial charge in [0.05, 0.1) is 9.67 Å². The highest BCUT2D eigenvalue weighted by Crippen LogP contribution is 2.22. The third kappa shape index (κ3) is 2.71. The fourth-order valence-electron chi connectivity index (χ4n) is 1.93. The molecule has 1 atom stereocenters. The van der Waals surface area contributed by atoms with Gasteiger partial charge in [-0.05, 0) is 47.2 Å². The van der Waals surface area contributed by atoms with Crippen LogP contribution in [0.15, 0.2) is 18.2 Å². The molecule has 0 aromatic heterocycles. The Labute approximate surface area is 114 Å². The molecule has 2 rings (SSSR count). The molecule has 1 aromatic carbocycles. The van der Waals surface area contributed by atoms with Crippen molar-refractivity contribution in [3.8, 4) is 5.75 Å². The van der Waals surface area contributed by atoms with E-state index in [4.69, 9.17) is 4.74 Å². The molecule has 92 valence electrons. The summed E-state index contributed by atoms with van der Waals surface area (Å²) in [6, 6.07) is 5.00. The number of phenols is 1. The average molecular weight is 347 g/mol. The number of methoxy groups -OCH3 is 1. The summed E-state index contributed by atoms with van der Waals surface area (Å²) in [5, 5.41) is 9.59. The van der Waals surface area contributed by atoms with Crippen LogP contribution >= 0.6 is 22.6 Å². The molecule has 1 unspecified atom stereocenters. The van der Waals surface area contributed by atoms with E-state index < -0.39 is 0 Å². The van der Waals surface area contributed by atoms with E-state index in [-0.39, 0.29) is 17.8 Å². The van der Waals surface area contributed by atoms with Crippen LogP contribution in [0.2, 0.25) is 0 Å². The number of benzene rings is 1. The fraction of sp³-hybridized carbons (Fsp3) is 0.417. The number of aromatic hydroxyl groups is 1. The van der Waals surface area contributed by atoms with Gasteiger partial charge in [-0.1, -0.05) is 0 Å². The van der Waals surface area contributed by atoms with Crippen molar-refractivity contribution in [1.82, 2.24) is 4.90 Å². The Bertz CT molecular complexity index is 436. The molecule has 1 saturated heterocycles. The number of hydrogen-bond donors (Lipinski definition) is 1. The van der Waals surface area contributed by atoms with Gasteiger partial charge in [0.2, 0.25) is 0 Å². The Morgan fingerprint density at radius 2 is 2.35 bits per heavy atom.